The SMILES string of the molecule is CC(CCl)CCCNC(=O)c1ccccn1. The van der Waals surface area contributed by atoms with Crippen LogP contribution in [0.3, 0.4) is 0 Å². The van der Waals surface area contributed by atoms with Crippen LogP contribution in [0.2, 0.25) is 0 Å². The van der Waals surface area contributed by atoms with E-state index in [0.717, 1.165) is 12.8 Å². The van der Waals surface area contributed by atoms with Crippen LogP contribution < -0.4 is 5.32 Å². The number of halogens is 1. The number of hydrogen-bond donors (Lipinski definition) is 1. The molecule has 0 saturated carbocycles. The van der Waals surface area contributed by atoms with Crippen molar-refractivity contribution >= 4 is 17.5 Å². The zero-order valence-corrected chi connectivity index (χ0v) is 10.2. The third-order valence-corrected chi connectivity index (χ3v) is 2.85. The number of pyridine rings is 1. The molecule has 0 aliphatic carbocycles. The van der Waals surface area contributed by atoms with Gasteiger partial charge in [0.15, 0.2) is 0 Å². The van der Waals surface area contributed by atoms with Crippen LogP contribution in [0.25, 0.3) is 0 Å². The van der Waals surface area contributed by atoms with Crippen LogP contribution in [0.15, 0.2) is 24.4 Å². The first-order valence-corrected chi connectivity index (χ1v) is 6.02. The summed E-state index contributed by atoms with van der Waals surface area (Å²) in [4.78, 5) is 15.5. The Morgan fingerprint density at radius 1 is 1.56 bits per heavy atom. The third-order valence-electron chi connectivity index (χ3n) is 2.32. The summed E-state index contributed by atoms with van der Waals surface area (Å²) in [5.74, 6) is 1.07. The Kier molecular flexibility index (Phi) is 5.86. The maximum absolute atomic E-state index is 11.6. The van der Waals surface area contributed by atoms with Gasteiger partial charge in [0.1, 0.15) is 5.69 Å². The molecule has 4 heteroatoms. The summed E-state index contributed by atoms with van der Waals surface area (Å²) in [6, 6.07) is 5.30. The molecule has 1 aromatic rings. The lowest BCUT2D eigenvalue weighted by atomic mass is 10.1. The minimum atomic E-state index is -0.112. The van der Waals surface area contributed by atoms with E-state index in [1.807, 2.05) is 0 Å². The Hall–Kier alpha value is -1.09. The quantitative estimate of drug-likeness (QED) is 0.613. The molecule has 1 N–H and O–H groups in total. The van der Waals surface area contributed by atoms with Gasteiger partial charge in [-0.3, -0.25) is 9.78 Å². The second-order valence-corrected chi connectivity index (χ2v) is 4.18. The van der Waals surface area contributed by atoms with Gasteiger partial charge >= 0.3 is 0 Å². The summed E-state index contributed by atoms with van der Waals surface area (Å²) in [5.41, 5.74) is 0.466. The minimum Gasteiger partial charge on any atom is -0.351 e. The van der Waals surface area contributed by atoms with Crippen LogP contribution in [0, 0.1) is 5.92 Å². The molecule has 88 valence electrons. The topological polar surface area (TPSA) is 42.0 Å². The molecule has 1 rings (SSSR count). The van der Waals surface area contributed by atoms with E-state index in [1.54, 1.807) is 24.4 Å². The van der Waals surface area contributed by atoms with Crippen molar-refractivity contribution in [2.75, 3.05) is 12.4 Å². The van der Waals surface area contributed by atoms with Crippen LogP contribution in [0.1, 0.15) is 30.3 Å². The van der Waals surface area contributed by atoms with Gasteiger partial charge in [0.25, 0.3) is 5.91 Å². The predicted octanol–water partition coefficient (Wildman–Crippen LogP) is 2.47. The first-order chi connectivity index (χ1) is 7.74. The molecule has 1 heterocycles. The summed E-state index contributed by atoms with van der Waals surface area (Å²) >= 11 is 5.69. The number of carbonyl (C=O) groups is 1. The highest BCUT2D eigenvalue weighted by Crippen LogP contribution is 2.06. The highest BCUT2D eigenvalue weighted by molar-refractivity contribution is 6.18. The molecule has 0 radical (unpaired) electrons. The minimum absolute atomic E-state index is 0.112. The Balaban J connectivity index is 2.21. The van der Waals surface area contributed by atoms with Crippen molar-refractivity contribution in [1.82, 2.24) is 10.3 Å². The molecule has 1 amide bonds. The van der Waals surface area contributed by atoms with Crippen molar-refractivity contribution in [2.24, 2.45) is 5.92 Å². The van der Waals surface area contributed by atoms with Crippen molar-refractivity contribution in [3.8, 4) is 0 Å². The van der Waals surface area contributed by atoms with E-state index < -0.39 is 0 Å². The molecule has 0 bridgehead atoms. The Bertz CT molecular complexity index is 316. The van der Waals surface area contributed by atoms with E-state index in [-0.39, 0.29) is 5.91 Å². The zero-order valence-electron chi connectivity index (χ0n) is 9.45. The number of rotatable bonds is 6. The smallest absolute Gasteiger partial charge is 0.269 e. The van der Waals surface area contributed by atoms with Crippen molar-refractivity contribution in [2.45, 2.75) is 19.8 Å². The second-order valence-electron chi connectivity index (χ2n) is 3.87. The predicted molar refractivity (Wildman–Crippen MR) is 65.7 cm³/mol. The van der Waals surface area contributed by atoms with E-state index in [1.165, 1.54) is 0 Å². The molecular weight excluding hydrogens is 224 g/mol. The molecule has 0 aromatic carbocycles. The molecular formula is C12H17ClN2O. The van der Waals surface area contributed by atoms with Gasteiger partial charge in [0.2, 0.25) is 0 Å². The summed E-state index contributed by atoms with van der Waals surface area (Å²) in [5, 5.41) is 2.83. The lowest BCUT2D eigenvalue weighted by Crippen LogP contribution is -2.25. The van der Waals surface area contributed by atoms with E-state index in [9.17, 15) is 4.79 Å². The number of amides is 1. The average Bonchev–Trinajstić information content (AvgIpc) is 2.35. The maximum atomic E-state index is 11.6. The summed E-state index contributed by atoms with van der Waals surface area (Å²) in [7, 11) is 0. The number of carbonyl (C=O) groups excluding carboxylic acids is 1. The fourth-order valence-corrected chi connectivity index (χ4v) is 1.47. The fourth-order valence-electron chi connectivity index (χ4n) is 1.32. The van der Waals surface area contributed by atoms with Gasteiger partial charge in [0.05, 0.1) is 0 Å². The number of aromatic nitrogens is 1. The van der Waals surface area contributed by atoms with Crippen LogP contribution in [-0.4, -0.2) is 23.3 Å². The first kappa shape index (κ1) is 13.0. The van der Waals surface area contributed by atoms with Gasteiger partial charge in [0, 0.05) is 18.6 Å². The number of nitrogens with one attached hydrogen (secondary N) is 1. The lowest BCUT2D eigenvalue weighted by Gasteiger charge is -2.07. The van der Waals surface area contributed by atoms with Gasteiger partial charge < -0.3 is 5.32 Å². The molecule has 0 fully saturated rings. The fraction of sp³-hybridized carbons (Fsp3) is 0.500. The molecule has 16 heavy (non-hydrogen) atoms. The molecule has 3 nitrogen and oxygen atoms in total. The molecule has 0 saturated heterocycles. The standard InChI is InChI=1S/C12H17ClN2O/c1-10(9-13)5-4-8-15-12(16)11-6-2-3-7-14-11/h2-3,6-7,10H,4-5,8-9H2,1H3,(H,15,16). The molecule has 1 aromatic heterocycles. The van der Waals surface area contributed by atoms with Crippen molar-refractivity contribution in [3.63, 3.8) is 0 Å². The number of alkyl halides is 1. The Morgan fingerprint density at radius 2 is 2.38 bits per heavy atom. The molecule has 0 spiro atoms. The van der Waals surface area contributed by atoms with Crippen LogP contribution in [0.5, 0.6) is 0 Å². The molecule has 1 unspecified atom stereocenters. The van der Waals surface area contributed by atoms with Gasteiger partial charge in [-0.1, -0.05) is 13.0 Å². The zero-order chi connectivity index (χ0) is 11.8. The molecule has 0 aliphatic rings. The van der Waals surface area contributed by atoms with Gasteiger partial charge in [-0.25, -0.2) is 0 Å². The normalized spacial score (nSPS) is 12.1. The second kappa shape index (κ2) is 7.23. The molecule has 1 atom stereocenters. The maximum Gasteiger partial charge on any atom is 0.269 e. The van der Waals surface area contributed by atoms with Crippen molar-refractivity contribution < 1.29 is 4.79 Å². The van der Waals surface area contributed by atoms with E-state index in [2.05, 4.69) is 17.2 Å². The van der Waals surface area contributed by atoms with E-state index in [0.29, 0.717) is 24.0 Å². The van der Waals surface area contributed by atoms with Gasteiger partial charge in [-0.15, -0.1) is 11.6 Å². The van der Waals surface area contributed by atoms with Gasteiger partial charge in [-0.2, -0.15) is 0 Å². The summed E-state index contributed by atoms with van der Waals surface area (Å²) in [6.45, 7) is 2.78. The highest BCUT2D eigenvalue weighted by Gasteiger charge is 2.05. The van der Waals surface area contributed by atoms with E-state index >= 15 is 0 Å². The van der Waals surface area contributed by atoms with E-state index in [4.69, 9.17) is 11.6 Å². The molecule has 0 aliphatic heterocycles. The number of hydrogen-bond acceptors (Lipinski definition) is 2. The Morgan fingerprint density at radius 3 is 3.00 bits per heavy atom. The first-order valence-electron chi connectivity index (χ1n) is 5.49. The lowest BCUT2D eigenvalue weighted by molar-refractivity contribution is 0.0947. The van der Waals surface area contributed by atoms with Crippen LogP contribution in [-0.2, 0) is 0 Å². The Labute approximate surface area is 101 Å². The van der Waals surface area contributed by atoms with Crippen LogP contribution >= 0.6 is 11.6 Å². The van der Waals surface area contributed by atoms with Gasteiger partial charge in [-0.05, 0) is 30.9 Å². The van der Waals surface area contributed by atoms with Crippen molar-refractivity contribution in [3.05, 3.63) is 30.1 Å². The summed E-state index contributed by atoms with van der Waals surface area (Å²) < 4.78 is 0. The summed E-state index contributed by atoms with van der Waals surface area (Å²) in [6.07, 6.45) is 3.60. The number of nitrogens with zero attached hydrogens (tertiary/aromatic N) is 1. The van der Waals surface area contributed by atoms with Crippen molar-refractivity contribution in [1.29, 1.82) is 0 Å². The monoisotopic (exact) mass is 240 g/mol. The largest absolute Gasteiger partial charge is 0.351 e. The van der Waals surface area contributed by atoms with Crippen LogP contribution in [0.4, 0.5) is 0 Å². The third kappa shape index (κ3) is 4.62. The average molecular weight is 241 g/mol. The highest BCUT2D eigenvalue weighted by atomic mass is 35.5.